The summed E-state index contributed by atoms with van der Waals surface area (Å²) < 4.78 is 5.12. The van der Waals surface area contributed by atoms with E-state index in [1.54, 1.807) is 20.8 Å². The molecule has 8 heteroatoms. The Morgan fingerprint density at radius 3 is 2.56 bits per heavy atom. The minimum absolute atomic E-state index is 0.0654. The first kappa shape index (κ1) is 14.1. The van der Waals surface area contributed by atoms with E-state index in [1.807, 2.05) is 0 Å². The maximum atomic E-state index is 11.8. The smallest absolute Gasteiger partial charge is 0.411 e. The standard InChI is InChI=1S/C10H16N4O4/c1-10(2,3)18-9(17)14-5-6(12-13-11)4-7(14)8(15)16/h6-7H,4-5H2,1-3H3,(H,15,16)/t6-,7-/m1/s1. The predicted octanol–water partition coefficient (Wildman–Crippen LogP) is 1.76. The number of hydrogen-bond donors (Lipinski definition) is 1. The van der Waals surface area contributed by atoms with Crippen LogP contribution in [0, 0.1) is 0 Å². The van der Waals surface area contributed by atoms with Crippen LogP contribution in [0.1, 0.15) is 27.2 Å². The Kier molecular flexibility index (Phi) is 4.03. The number of aliphatic carboxylic acids is 1. The number of nitrogens with zero attached hydrogens (tertiary/aromatic N) is 4. The SMILES string of the molecule is CC(C)(C)OC(=O)N1C[C@H](N=[N+]=[N-])C[C@@H]1C(=O)O. The van der Waals surface area contributed by atoms with Crippen LogP contribution in [0.3, 0.4) is 0 Å². The van der Waals surface area contributed by atoms with Gasteiger partial charge in [0.2, 0.25) is 0 Å². The maximum absolute atomic E-state index is 11.8. The van der Waals surface area contributed by atoms with Crippen LogP contribution in [-0.4, -0.2) is 46.3 Å². The van der Waals surface area contributed by atoms with Crippen LogP contribution >= 0.6 is 0 Å². The summed E-state index contributed by atoms with van der Waals surface area (Å²) >= 11 is 0. The number of ether oxygens (including phenoxy) is 1. The van der Waals surface area contributed by atoms with Gasteiger partial charge in [-0.3, -0.25) is 4.90 Å². The van der Waals surface area contributed by atoms with Crippen LogP contribution in [0.5, 0.6) is 0 Å². The lowest BCUT2D eigenvalue weighted by Crippen LogP contribution is -2.43. The summed E-state index contributed by atoms with van der Waals surface area (Å²) in [5, 5.41) is 12.5. The summed E-state index contributed by atoms with van der Waals surface area (Å²) in [6.07, 6.45) is -0.593. The van der Waals surface area contributed by atoms with Gasteiger partial charge in [0.25, 0.3) is 0 Å². The average Bonchev–Trinajstić information content (AvgIpc) is 2.59. The zero-order valence-electron chi connectivity index (χ0n) is 10.5. The fourth-order valence-corrected chi connectivity index (χ4v) is 1.73. The molecule has 0 aliphatic carbocycles. The van der Waals surface area contributed by atoms with Crippen LogP contribution in [-0.2, 0) is 9.53 Å². The van der Waals surface area contributed by atoms with E-state index in [0.29, 0.717) is 0 Å². The topological polar surface area (TPSA) is 116 Å². The Bertz CT molecular complexity index is 397. The Labute approximate surface area is 104 Å². The summed E-state index contributed by atoms with van der Waals surface area (Å²) in [6, 6.07) is -1.53. The number of carboxylic acid groups (broad SMARTS) is 1. The lowest BCUT2D eigenvalue weighted by molar-refractivity contribution is -0.142. The highest BCUT2D eigenvalue weighted by molar-refractivity contribution is 5.81. The van der Waals surface area contributed by atoms with Gasteiger partial charge in [0, 0.05) is 11.5 Å². The number of likely N-dealkylation sites (tertiary alicyclic amines) is 1. The molecule has 0 radical (unpaired) electrons. The van der Waals surface area contributed by atoms with Crippen molar-refractivity contribution in [1.29, 1.82) is 0 Å². The van der Waals surface area contributed by atoms with E-state index < -0.39 is 29.7 Å². The molecule has 1 N–H and O–H groups in total. The monoisotopic (exact) mass is 256 g/mol. The van der Waals surface area contributed by atoms with Crippen molar-refractivity contribution in [2.24, 2.45) is 5.11 Å². The molecule has 1 aliphatic heterocycles. The highest BCUT2D eigenvalue weighted by Crippen LogP contribution is 2.23. The summed E-state index contributed by atoms with van der Waals surface area (Å²) in [5.74, 6) is -1.13. The van der Waals surface area contributed by atoms with Crippen molar-refractivity contribution < 1.29 is 19.4 Å². The summed E-state index contributed by atoms with van der Waals surface area (Å²) in [5.41, 5.74) is 7.64. The minimum atomic E-state index is -1.13. The normalized spacial score (nSPS) is 23.4. The molecule has 1 aliphatic rings. The molecular weight excluding hydrogens is 240 g/mol. The first-order valence-corrected chi connectivity index (χ1v) is 5.51. The second-order valence-corrected chi connectivity index (χ2v) is 5.08. The Morgan fingerprint density at radius 2 is 2.11 bits per heavy atom. The summed E-state index contributed by atoms with van der Waals surface area (Å²) in [7, 11) is 0. The molecule has 18 heavy (non-hydrogen) atoms. The number of amides is 1. The Morgan fingerprint density at radius 1 is 1.50 bits per heavy atom. The maximum Gasteiger partial charge on any atom is 0.411 e. The molecular formula is C10H16N4O4. The molecule has 0 aromatic heterocycles. The second-order valence-electron chi connectivity index (χ2n) is 5.08. The van der Waals surface area contributed by atoms with Crippen molar-refractivity contribution in [1.82, 2.24) is 4.90 Å². The summed E-state index contributed by atoms with van der Waals surface area (Å²) in [6.45, 7) is 5.15. The van der Waals surface area contributed by atoms with Crippen molar-refractivity contribution in [3.63, 3.8) is 0 Å². The van der Waals surface area contributed by atoms with E-state index in [-0.39, 0.29) is 13.0 Å². The molecule has 1 rings (SSSR count). The number of carbonyl (C=O) groups is 2. The first-order chi connectivity index (χ1) is 8.24. The zero-order chi connectivity index (χ0) is 13.9. The van der Waals surface area contributed by atoms with E-state index >= 15 is 0 Å². The van der Waals surface area contributed by atoms with Crippen molar-refractivity contribution in [3.05, 3.63) is 10.4 Å². The number of rotatable bonds is 2. The molecule has 0 aromatic rings. The van der Waals surface area contributed by atoms with Gasteiger partial charge >= 0.3 is 12.1 Å². The van der Waals surface area contributed by atoms with Crippen LogP contribution in [0.2, 0.25) is 0 Å². The van der Waals surface area contributed by atoms with Crippen molar-refractivity contribution in [2.45, 2.75) is 44.9 Å². The largest absolute Gasteiger partial charge is 0.480 e. The lowest BCUT2D eigenvalue weighted by atomic mass is 10.2. The highest BCUT2D eigenvalue weighted by atomic mass is 16.6. The minimum Gasteiger partial charge on any atom is -0.480 e. The predicted molar refractivity (Wildman–Crippen MR) is 61.9 cm³/mol. The fourth-order valence-electron chi connectivity index (χ4n) is 1.73. The van der Waals surface area contributed by atoms with Crippen molar-refractivity contribution >= 4 is 12.1 Å². The average molecular weight is 256 g/mol. The molecule has 1 saturated heterocycles. The van der Waals surface area contributed by atoms with Gasteiger partial charge in [-0.2, -0.15) is 0 Å². The van der Waals surface area contributed by atoms with Crippen molar-refractivity contribution in [3.8, 4) is 0 Å². The molecule has 0 spiro atoms. The van der Waals surface area contributed by atoms with Gasteiger partial charge in [-0.05, 0) is 32.7 Å². The second kappa shape index (κ2) is 5.14. The van der Waals surface area contributed by atoms with E-state index in [9.17, 15) is 9.59 Å². The quantitative estimate of drug-likeness (QED) is 0.460. The Balaban J connectivity index is 2.81. The molecule has 2 atom stereocenters. The fraction of sp³-hybridized carbons (Fsp3) is 0.800. The van der Waals surface area contributed by atoms with Crippen LogP contribution in [0.4, 0.5) is 4.79 Å². The number of azide groups is 1. The van der Waals surface area contributed by atoms with Gasteiger partial charge in [0.15, 0.2) is 0 Å². The highest BCUT2D eigenvalue weighted by Gasteiger charge is 2.41. The molecule has 8 nitrogen and oxygen atoms in total. The molecule has 0 unspecified atom stereocenters. The van der Waals surface area contributed by atoms with Gasteiger partial charge in [0.1, 0.15) is 11.6 Å². The Hall–Kier alpha value is -1.95. The molecule has 100 valence electrons. The third-order valence-corrected chi connectivity index (χ3v) is 2.41. The molecule has 1 amide bonds. The molecule has 1 heterocycles. The lowest BCUT2D eigenvalue weighted by Gasteiger charge is -2.26. The van der Waals surface area contributed by atoms with Gasteiger partial charge in [-0.25, -0.2) is 9.59 Å². The molecule has 0 bridgehead atoms. The van der Waals surface area contributed by atoms with Crippen LogP contribution in [0.15, 0.2) is 5.11 Å². The molecule has 1 fully saturated rings. The third-order valence-electron chi connectivity index (χ3n) is 2.41. The van der Waals surface area contributed by atoms with Gasteiger partial charge in [-0.1, -0.05) is 5.11 Å². The molecule has 0 aromatic carbocycles. The van der Waals surface area contributed by atoms with Gasteiger partial charge < -0.3 is 9.84 Å². The number of hydrogen-bond acceptors (Lipinski definition) is 4. The van der Waals surface area contributed by atoms with Crippen LogP contribution < -0.4 is 0 Å². The van der Waals surface area contributed by atoms with Gasteiger partial charge in [-0.15, -0.1) is 0 Å². The summed E-state index contributed by atoms with van der Waals surface area (Å²) in [4.78, 5) is 26.6. The van der Waals surface area contributed by atoms with Crippen LogP contribution in [0.25, 0.3) is 10.4 Å². The number of carboxylic acids is 1. The van der Waals surface area contributed by atoms with E-state index in [0.717, 1.165) is 4.90 Å². The number of carbonyl (C=O) groups excluding carboxylic acids is 1. The third kappa shape index (κ3) is 3.53. The van der Waals surface area contributed by atoms with E-state index in [1.165, 1.54) is 0 Å². The van der Waals surface area contributed by atoms with Crippen molar-refractivity contribution in [2.75, 3.05) is 6.54 Å². The van der Waals surface area contributed by atoms with E-state index in [2.05, 4.69) is 10.0 Å². The van der Waals surface area contributed by atoms with Gasteiger partial charge in [0.05, 0.1) is 6.04 Å². The van der Waals surface area contributed by atoms with E-state index in [4.69, 9.17) is 15.4 Å². The zero-order valence-corrected chi connectivity index (χ0v) is 10.5. The molecule has 0 saturated carbocycles. The first-order valence-electron chi connectivity index (χ1n) is 5.51.